The van der Waals surface area contributed by atoms with Crippen LogP contribution in [0.1, 0.15) is 39.2 Å². The van der Waals surface area contributed by atoms with Crippen LogP contribution in [0.5, 0.6) is 5.75 Å². The van der Waals surface area contributed by atoms with Crippen molar-refractivity contribution in [1.29, 1.82) is 0 Å². The molecular formula is C16H27N3O. The van der Waals surface area contributed by atoms with Crippen molar-refractivity contribution in [3.05, 3.63) is 29.8 Å². The van der Waals surface area contributed by atoms with E-state index in [1.807, 2.05) is 12.1 Å². The molecule has 1 aromatic carbocycles. The lowest BCUT2D eigenvalue weighted by atomic mass is 10.2. The predicted octanol–water partition coefficient (Wildman–Crippen LogP) is 2.94. The maximum Gasteiger partial charge on any atom is 0.191 e. The average Bonchev–Trinajstić information content (AvgIpc) is 2.44. The molecule has 0 heterocycles. The predicted molar refractivity (Wildman–Crippen MR) is 85.3 cm³/mol. The molecule has 1 rings (SSSR count). The summed E-state index contributed by atoms with van der Waals surface area (Å²) < 4.78 is 5.71. The topological polar surface area (TPSA) is 45.6 Å². The Bertz CT molecular complexity index is 416. The molecule has 0 aliphatic heterocycles. The van der Waals surface area contributed by atoms with Crippen molar-refractivity contribution >= 4 is 5.96 Å². The number of hydrogen-bond acceptors (Lipinski definition) is 2. The molecule has 4 heteroatoms. The number of nitrogens with one attached hydrogen (secondary N) is 2. The molecule has 4 nitrogen and oxygen atoms in total. The van der Waals surface area contributed by atoms with Gasteiger partial charge in [-0.05, 0) is 38.0 Å². The van der Waals surface area contributed by atoms with Gasteiger partial charge in [0.25, 0.3) is 0 Å². The van der Waals surface area contributed by atoms with Crippen LogP contribution < -0.4 is 15.4 Å². The second kappa shape index (κ2) is 9.23. The number of rotatable bonds is 7. The Balaban J connectivity index is 2.49. The molecule has 0 spiro atoms. The van der Waals surface area contributed by atoms with E-state index in [4.69, 9.17) is 4.74 Å². The monoisotopic (exact) mass is 277 g/mol. The summed E-state index contributed by atoms with van der Waals surface area (Å²) >= 11 is 0. The molecule has 0 aromatic heterocycles. The van der Waals surface area contributed by atoms with Gasteiger partial charge in [0.15, 0.2) is 5.96 Å². The largest absolute Gasteiger partial charge is 0.494 e. The van der Waals surface area contributed by atoms with E-state index in [9.17, 15) is 0 Å². The van der Waals surface area contributed by atoms with Gasteiger partial charge in [0.2, 0.25) is 0 Å². The van der Waals surface area contributed by atoms with E-state index in [0.717, 1.165) is 37.7 Å². The summed E-state index contributed by atoms with van der Waals surface area (Å²) in [6.07, 6.45) is 2.24. The molecule has 0 saturated carbocycles. The van der Waals surface area contributed by atoms with Crippen molar-refractivity contribution in [3.8, 4) is 5.75 Å². The van der Waals surface area contributed by atoms with E-state index in [1.54, 1.807) is 7.05 Å². The van der Waals surface area contributed by atoms with Crippen LogP contribution in [0.2, 0.25) is 0 Å². The molecule has 0 bridgehead atoms. The quantitative estimate of drug-likeness (QED) is 0.457. The molecule has 0 aliphatic carbocycles. The molecule has 2 N–H and O–H groups in total. The Kier molecular flexibility index (Phi) is 7.55. The fraction of sp³-hybridized carbons (Fsp3) is 0.562. The minimum absolute atomic E-state index is 0.366. The van der Waals surface area contributed by atoms with Gasteiger partial charge >= 0.3 is 0 Å². The van der Waals surface area contributed by atoms with Gasteiger partial charge in [0.05, 0.1) is 6.61 Å². The van der Waals surface area contributed by atoms with Crippen molar-refractivity contribution < 1.29 is 4.74 Å². The molecule has 0 unspecified atom stereocenters. The van der Waals surface area contributed by atoms with Crippen molar-refractivity contribution in [3.63, 3.8) is 0 Å². The second-order valence-electron chi connectivity index (χ2n) is 5.07. The van der Waals surface area contributed by atoms with Gasteiger partial charge in [0.1, 0.15) is 5.75 Å². The number of benzene rings is 1. The van der Waals surface area contributed by atoms with Crippen LogP contribution in [-0.2, 0) is 6.54 Å². The van der Waals surface area contributed by atoms with E-state index < -0.39 is 0 Å². The Labute approximate surface area is 122 Å². The van der Waals surface area contributed by atoms with Crippen molar-refractivity contribution in [2.24, 2.45) is 4.99 Å². The summed E-state index contributed by atoms with van der Waals surface area (Å²) in [6, 6.07) is 8.55. The van der Waals surface area contributed by atoms with Crippen molar-refractivity contribution in [2.45, 2.75) is 46.2 Å². The minimum Gasteiger partial charge on any atom is -0.494 e. The van der Waals surface area contributed by atoms with Crippen LogP contribution in [0.4, 0.5) is 0 Å². The highest BCUT2D eigenvalue weighted by atomic mass is 16.5. The molecule has 0 aliphatic rings. The first-order valence-electron chi connectivity index (χ1n) is 7.34. The zero-order valence-electron chi connectivity index (χ0n) is 13.1. The highest BCUT2D eigenvalue weighted by Crippen LogP contribution is 2.13. The Morgan fingerprint density at radius 1 is 1.35 bits per heavy atom. The molecule has 112 valence electrons. The smallest absolute Gasteiger partial charge is 0.191 e. The summed E-state index contributed by atoms with van der Waals surface area (Å²) in [5, 5.41) is 6.56. The van der Waals surface area contributed by atoms with E-state index in [1.165, 1.54) is 5.56 Å². The number of ether oxygens (including phenoxy) is 1. The molecule has 0 fully saturated rings. The molecule has 0 radical (unpaired) electrons. The summed E-state index contributed by atoms with van der Waals surface area (Å²) in [6.45, 7) is 7.86. The Morgan fingerprint density at radius 2 is 2.15 bits per heavy atom. The lowest BCUT2D eigenvalue weighted by Crippen LogP contribution is -2.40. The maximum atomic E-state index is 5.71. The first kappa shape index (κ1) is 16.3. The third kappa shape index (κ3) is 6.45. The molecular weight excluding hydrogens is 250 g/mol. The fourth-order valence-corrected chi connectivity index (χ4v) is 1.73. The minimum atomic E-state index is 0.366. The summed E-state index contributed by atoms with van der Waals surface area (Å²) in [5.74, 6) is 1.75. The second-order valence-corrected chi connectivity index (χ2v) is 5.07. The van der Waals surface area contributed by atoms with Gasteiger partial charge in [-0.1, -0.05) is 25.5 Å². The lowest BCUT2D eigenvalue weighted by Gasteiger charge is -2.14. The molecule has 0 amide bonds. The van der Waals surface area contributed by atoms with E-state index in [2.05, 4.69) is 48.5 Å². The van der Waals surface area contributed by atoms with Gasteiger partial charge in [0, 0.05) is 19.6 Å². The number of guanidine groups is 1. The van der Waals surface area contributed by atoms with Gasteiger partial charge in [-0.15, -0.1) is 0 Å². The summed E-state index contributed by atoms with van der Waals surface area (Å²) in [7, 11) is 1.78. The number of hydrogen-bond donors (Lipinski definition) is 2. The standard InChI is InChI=1S/C16H27N3O/c1-5-6-10-20-15-9-7-8-14(11-15)12-18-16(17-4)19-13(2)3/h7-9,11,13H,5-6,10,12H2,1-4H3,(H2,17,18,19). The first-order valence-corrected chi connectivity index (χ1v) is 7.34. The maximum absolute atomic E-state index is 5.71. The first-order chi connectivity index (χ1) is 9.65. The number of unbranched alkanes of at least 4 members (excludes halogenated alkanes) is 1. The third-order valence-corrected chi connectivity index (χ3v) is 2.77. The summed E-state index contributed by atoms with van der Waals surface area (Å²) in [4.78, 5) is 4.19. The fourth-order valence-electron chi connectivity index (χ4n) is 1.73. The zero-order chi connectivity index (χ0) is 14.8. The van der Waals surface area contributed by atoms with Gasteiger partial charge < -0.3 is 15.4 Å². The van der Waals surface area contributed by atoms with Crippen LogP contribution in [0.15, 0.2) is 29.3 Å². The Hall–Kier alpha value is -1.71. The normalized spacial score (nSPS) is 11.6. The van der Waals surface area contributed by atoms with E-state index in [0.29, 0.717) is 6.04 Å². The van der Waals surface area contributed by atoms with Crippen LogP contribution >= 0.6 is 0 Å². The average molecular weight is 277 g/mol. The molecule has 0 atom stereocenters. The van der Waals surface area contributed by atoms with Crippen molar-refractivity contribution in [1.82, 2.24) is 10.6 Å². The highest BCUT2D eigenvalue weighted by Gasteiger charge is 2.01. The SMILES string of the molecule is CCCCOc1cccc(CNC(=NC)NC(C)C)c1. The number of nitrogens with zero attached hydrogens (tertiary/aromatic N) is 1. The lowest BCUT2D eigenvalue weighted by molar-refractivity contribution is 0.309. The van der Waals surface area contributed by atoms with E-state index in [-0.39, 0.29) is 0 Å². The number of aliphatic imine (C=N–C) groups is 1. The van der Waals surface area contributed by atoms with Crippen LogP contribution in [-0.4, -0.2) is 25.7 Å². The van der Waals surface area contributed by atoms with E-state index >= 15 is 0 Å². The third-order valence-electron chi connectivity index (χ3n) is 2.77. The molecule has 0 saturated heterocycles. The van der Waals surface area contributed by atoms with Crippen LogP contribution in [0.25, 0.3) is 0 Å². The van der Waals surface area contributed by atoms with Crippen LogP contribution in [0.3, 0.4) is 0 Å². The zero-order valence-corrected chi connectivity index (χ0v) is 13.1. The van der Waals surface area contributed by atoms with Gasteiger partial charge in [-0.2, -0.15) is 0 Å². The summed E-state index contributed by atoms with van der Waals surface area (Å²) in [5.41, 5.74) is 1.19. The van der Waals surface area contributed by atoms with Crippen molar-refractivity contribution in [2.75, 3.05) is 13.7 Å². The van der Waals surface area contributed by atoms with Crippen LogP contribution in [0, 0.1) is 0 Å². The highest BCUT2D eigenvalue weighted by molar-refractivity contribution is 5.79. The Morgan fingerprint density at radius 3 is 2.80 bits per heavy atom. The van der Waals surface area contributed by atoms with Gasteiger partial charge in [-0.25, -0.2) is 0 Å². The molecule has 1 aromatic rings. The van der Waals surface area contributed by atoms with Gasteiger partial charge in [-0.3, -0.25) is 4.99 Å². The molecule has 20 heavy (non-hydrogen) atoms.